The van der Waals surface area contributed by atoms with Gasteiger partial charge < -0.3 is 9.80 Å². The average Bonchev–Trinajstić information content (AvgIpc) is 3.58. The van der Waals surface area contributed by atoms with Gasteiger partial charge in [0.1, 0.15) is 11.3 Å². The molecule has 0 aliphatic carbocycles. The van der Waals surface area contributed by atoms with Crippen LogP contribution in [0, 0.1) is 0 Å². The summed E-state index contributed by atoms with van der Waals surface area (Å²) in [5.74, 6) is 0. The Bertz CT molecular complexity index is 4440. The molecule has 0 bridgehead atoms. The quantitative estimate of drug-likeness (QED) is 0.122. The molecular weight excluding hydrogens is 997 g/mol. The van der Waals surface area contributed by atoms with Crippen LogP contribution >= 0.6 is 0 Å². The molecule has 0 radical (unpaired) electrons. The highest BCUT2D eigenvalue weighted by molar-refractivity contribution is 6.10. The number of nitrogens with zero attached hydrogens (tertiary/aromatic N) is 6. The first-order chi connectivity index (χ1) is 40.7. The van der Waals surface area contributed by atoms with Crippen molar-refractivity contribution >= 4 is 78.0 Å². The van der Waals surface area contributed by atoms with Crippen molar-refractivity contribution in [1.29, 1.82) is 0 Å². The van der Waals surface area contributed by atoms with Gasteiger partial charge in [-0.3, -0.25) is 9.13 Å². The van der Waals surface area contributed by atoms with Crippen LogP contribution in [0.3, 0.4) is 0 Å². The minimum absolute atomic E-state index is 0.947. The van der Waals surface area contributed by atoms with Gasteiger partial charge in [0.2, 0.25) is 0 Å². The number of pyridine rings is 2. The number of fused-ring (bicyclic) bond motifs is 6. The molecule has 6 heteroatoms. The number of rotatable bonds is 12. The van der Waals surface area contributed by atoms with Gasteiger partial charge in [-0.25, -0.2) is 9.97 Å². The topological polar surface area (TPSA) is 42.1 Å². The molecule has 15 rings (SSSR count). The second-order valence-corrected chi connectivity index (χ2v) is 20.7. The van der Waals surface area contributed by atoms with Crippen LogP contribution in [-0.4, -0.2) is 19.1 Å². The van der Waals surface area contributed by atoms with E-state index in [0.717, 1.165) is 112 Å². The van der Waals surface area contributed by atoms with Crippen molar-refractivity contribution in [2.45, 2.75) is 0 Å². The maximum absolute atomic E-state index is 4.87. The Morgan fingerprint density at radius 1 is 0.220 bits per heavy atom. The molecule has 4 heterocycles. The molecule has 6 nitrogen and oxygen atoms in total. The smallest absolute Gasteiger partial charge is 0.145 e. The van der Waals surface area contributed by atoms with Crippen LogP contribution in [0.2, 0.25) is 0 Å². The maximum atomic E-state index is 4.87. The van der Waals surface area contributed by atoms with E-state index in [2.05, 4.69) is 310 Å². The summed E-state index contributed by atoms with van der Waals surface area (Å²) >= 11 is 0. The van der Waals surface area contributed by atoms with E-state index in [1.165, 1.54) is 21.9 Å². The van der Waals surface area contributed by atoms with E-state index in [-0.39, 0.29) is 0 Å². The molecule has 0 amide bonds. The number of para-hydroxylation sites is 2. The molecule has 0 saturated heterocycles. The van der Waals surface area contributed by atoms with Gasteiger partial charge in [-0.05, 0) is 184 Å². The van der Waals surface area contributed by atoms with Crippen molar-refractivity contribution in [2.24, 2.45) is 0 Å². The first-order valence-corrected chi connectivity index (χ1v) is 27.8. The fourth-order valence-corrected chi connectivity index (χ4v) is 11.9. The first kappa shape index (κ1) is 48.1. The van der Waals surface area contributed by atoms with Crippen molar-refractivity contribution in [1.82, 2.24) is 19.1 Å². The van der Waals surface area contributed by atoms with Crippen LogP contribution in [0.15, 0.2) is 316 Å². The van der Waals surface area contributed by atoms with E-state index in [4.69, 9.17) is 9.97 Å². The van der Waals surface area contributed by atoms with Crippen LogP contribution in [0.5, 0.6) is 0 Å². The van der Waals surface area contributed by atoms with E-state index >= 15 is 0 Å². The average molecular weight is 1050 g/mol. The lowest BCUT2D eigenvalue weighted by Gasteiger charge is -2.30. The Morgan fingerprint density at radius 2 is 0.537 bits per heavy atom. The molecule has 0 unspecified atom stereocenters. The molecule has 82 heavy (non-hydrogen) atoms. The van der Waals surface area contributed by atoms with Crippen molar-refractivity contribution in [3.05, 3.63) is 316 Å². The van der Waals surface area contributed by atoms with Gasteiger partial charge >= 0.3 is 0 Å². The minimum Gasteiger partial charge on any atom is -0.310 e. The molecule has 0 N–H and O–H groups in total. The number of anilines is 6. The van der Waals surface area contributed by atoms with Crippen molar-refractivity contribution in [3.8, 4) is 55.9 Å². The van der Waals surface area contributed by atoms with E-state index < -0.39 is 0 Å². The molecule has 386 valence electrons. The zero-order valence-corrected chi connectivity index (χ0v) is 44.7. The fourth-order valence-electron chi connectivity index (χ4n) is 11.9. The summed E-state index contributed by atoms with van der Waals surface area (Å²) in [6.07, 6.45) is 3.75. The Hall–Kier alpha value is -11.1. The van der Waals surface area contributed by atoms with E-state index in [0.29, 0.717) is 0 Å². The second kappa shape index (κ2) is 20.6. The molecule has 4 aromatic heterocycles. The third-order valence-electron chi connectivity index (χ3n) is 15.8. The van der Waals surface area contributed by atoms with Crippen molar-refractivity contribution < 1.29 is 0 Å². The molecule has 0 spiro atoms. The van der Waals surface area contributed by atoms with Crippen LogP contribution < -0.4 is 9.80 Å². The molecule has 0 atom stereocenters. The zero-order valence-electron chi connectivity index (χ0n) is 44.7. The van der Waals surface area contributed by atoms with Crippen LogP contribution in [0.4, 0.5) is 34.1 Å². The lowest BCUT2D eigenvalue weighted by atomic mass is 10.0. The second-order valence-electron chi connectivity index (χ2n) is 20.7. The van der Waals surface area contributed by atoms with Crippen LogP contribution in [-0.2, 0) is 0 Å². The highest BCUT2D eigenvalue weighted by Gasteiger charge is 2.21. The summed E-state index contributed by atoms with van der Waals surface area (Å²) in [6.45, 7) is 0. The Morgan fingerprint density at radius 3 is 0.902 bits per heavy atom. The minimum atomic E-state index is 0.947. The number of benzene rings is 11. The van der Waals surface area contributed by atoms with Crippen LogP contribution in [0.25, 0.3) is 99.8 Å². The summed E-state index contributed by atoms with van der Waals surface area (Å²) < 4.78 is 4.52. The molecule has 0 aliphatic heterocycles. The lowest BCUT2D eigenvalue weighted by molar-refractivity contribution is 1.14. The molecular formula is C76H52N6. The number of hydrogen-bond donors (Lipinski definition) is 0. The van der Waals surface area contributed by atoms with Gasteiger partial charge in [0.15, 0.2) is 0 Å². The van der Waals surface area contributed by atoms with Gasteiger partial charge in [-0.15, -0.1) is 0 Å². The predicted molar refractivity (Wildman–Crippen MR) is 342 cm³/mol. The summed E-state index contributed by atoms with van der Waals surface area (Å²) in [5, 5.41) is 4.59. The Kier molecular flexibility index (Phi) is 12.1. The van der Waals surface area contributed by atoms with E-state index in [9.17, 15) is 0 Å². The molecule has 0 saturated carbocycles. The van der Waals surface area contributed by atoms with Gasteiger partial charge in [0.05, 0.1) is 11.0 Å². The zero-order chi connectivity index (χ0) is 54.3. The van der Waals surface area contributed by atoms with Crippen LogP contribution in [0.1, 0.15) is 0 Å². The summed E-state index contributed by atoms with van der Waals surface area (Å²) in [4.78, 5) is 14.5. The third kappa shape index (κ3) is 8.72. The molecule has 0 aliphatic rings. The third-order valence-corrected chi connectivity index (χ3v) is 15.8. The summed E-state index contributed by atoms with van der Waals surface area (Å²) in [7, 11) is 0. The Balaban J connectivity index is 0.822. The van der Waals surface area contributed by atoms with Crippen molar-refractivity contribution in [2.75, 3.05) is 9.80 Å². The lowest BCUT2D eigenvalue weighted by Crippen LogP contribution is -2.13. The molecule has 15 aromatic rings. The maximum Gasteiger partial charge on any atom is 0.145 e. The Labute approximate surface area is 476 Å². The fraction of sp³-hybridized carbons (Fsp3) is 0. The highest BCUT2D eigenvalue weighted by Crippen LogP contribution is 2.44. The highest BCUT2D eigenvalue weighted by atomic mass is 15.2. The van der Waals surface area contributed by atoms with Gasteiger partial charge in [0.25, 0.3) is 0 Å². The van der Waals surface area contributed by atoms with Gasteiger partial charge in [-0.1, -0.05) is 164 Å². The number of aromatic nitrogens is 4. The molecule has 11 aromatic carbocycles. The standard InChI is InChI=1S/C76H52N6/c1-5-16-53(17-6-1)55-28-38-63(39-29-55)79(65-42-32-57(33-43-65)59-36-46-73-71(50-59)69-26-14-48-77-75(69)81(73)61-20-9-3-10-21-61)67-24-13-25-68(52-67)80(64-40-30-56(31-41-64)54-18-7-2-8-19-54)66-44-34-58(35-45-66)60-37-47-74-72(51-60)70-27-15-49-78-76(70)82(74)62-22-11-4-12-23-62/h1-52H. The normalized spacial score (nSPS) is 11.4. The SMILES string of the molecule is c1ccc(-c2ccc(N(c3ccc(-c4ccc5c(c4)c4cccnc4n5-c4ccccc4)cc3)c3cccc(N(c4ccc(-c5ccccc5)cc4)c4ccc(-c5ccc6c(c5)c5cccnc5n6-c5ccccc5)cc4)c3)cc2)cc1. The van der Waals surface area contributed by atoms with Gasteiger partial charge in [0, 0.05) is 79.4 Å². The predicted octanol–water partition coefficient (Wildman–Crippen LogP) is 20.3. The molecule has 0 fully saturated rings. The summed E-state index contributed by atoms with van der Waals surface area (Å²) in [5.41, 5.74) is 21.8. The largest absolute Gasteiger partial charge is 0.310 e. The first-order valence-electron chi connectivity index (χ1n) is 27.8. The monoisotopic (exact) mass is 1050 g/mol. The van der Waals surface area contributed by atoms with E-state index in [1.54, 1.807) is 0 Å². The summed E-state index contributed by atoms with van der Waals surface area (Å²) in [6, 6.07) is 109. The van der Waals surface area contributed by atoms with Gasteiger partial charge in [-0.2, -0.15) is 0 Å². The van der Waals surface area contributed by atoms with E-state index in [1.807, 2.05) is 24.5 Å². The van der Waals surface area contributed by atoms with Crippen molar-refractivity contribution in [3.63, 3.8) is 0 Å². The number of hydrogen-bond acceptors (Lipinski definition) is 4.